The number of aryl methyl sites for hydroxylation is 2. The number of fused-ring (bicyclic) bond motifs is 1. The zero-order valence-corrected chi connectivity index (χ0v) is 20.3. The van der Waals surface area contributed by atoms with E-state index in [2.05, 4.69) is 15.8 Å². The third kappa shape index (κ3) is 4.84. The van der Waals surface area contributed by atoms with Gasteiger partial charge in [0.25, 0.3) is 11.8 Å². The Morgan fingerprint density at radius 1 is 0.806 bits per heavy atom. The van der Waals surface area contributed by atoms with Crippen LogP contribution in [0.15, 0.2) is 88.4 Å². The number of carbonyl (C=O) groups is 2. The zero-order valence-electron chi connectivity index (χ0n) is 20.3. The van der Waals surface area contributed by atoms with Crippen molar-refractivity contribution in [1.29, 1.82) is 0 Å². The van der Waals surface area contributed by atoms with Crippen molar-refractivity contribution < 1.29 is 14.0 Å². The lowest BCUT2D eigenvalue weighted by molar-refractivity contribution is 0.0953. The van der Waals surface area contributed by atoms with E-state index in [0.29, 0.717) is 17.7 Å². The zero-order chi connectivity index (χ0) is 25.1. The number of nitrogens with zero attached hydrogens (tertiary/aromatic N) is 1. The fourth-order valence-corrected chi connectivity index (χ4v) is 4.45. The van der Waals surface area contributed by atoms with Crippen molar-refractivity contribution in [3.05, 3.63) is 113 Å². The maximum atomic E-state index is 12.9. The van der Waals surface area contributed by atoms with Crippen LogP contribution in [0.3, 0.4) is 0 Å². The molecule has 5 rings (SSSR count). The Hall–Kier alpha value is -4.45. The number of nitrogens with one attached hydrogen (secondary N) is 2. The highest BCUT2D eigenvalue weighted by atomic mass is 16.4. The number of furan rings is 1. The highest BCUT2D eigenvalue weighted by Gasteiger charge is 2.28. The molecule has 0 fully saturated rings. The molecule has 0 saturated carbocycles. The fraction of sp³-hybridized carbons (Fsp3) is 0.167. The summed E-state index contributed by atoms with van der Waals surface area (Å²) in [6, 6.07) is 25.1. The molecule has 1 heterocycles. The van der Waals surface area contributed by atoms with Gasteiger partial charge in [-0.3, -0.25) is 9.59 Å². The predicted octanol–water partition coefficient (Wildman–Crippen LogP) is 6.29. The lowest BCUT2D eigenvalue weighted by atomic mass is 9.93. The minimum Gasteiger partial charge on any atom is -0.455 e. The van der Waals surface area contributed by atoms with E-state index in [4.69, 9.17) is 4.42 Å². The monoisotopic (exact) mass is 477 g/mol. The Kier molecular flexibility index (Phi) is 6.50. The molecule has 1 aliphatic rings. The second-order valence-electron chi connectivity index (χ2n) is 8.97. The number of rotatable bonds is 5. The Bertz CT molecular complexity index is 1430. The number of hydrogen-bond donors (Lipinski definition) is 2. The molecular weight excluding hydrogens is 450 g/mol. The van der Waals surface area contributed by atoms with Crippen molar-refractivity contribution in [2.24, 2.45) is 5.10 Å². The molecule has 0 radical (unpaired) electrons. The SMILES string of the molecule is Cc1ccc(NC(=O)c2oc3c(c2C)/C(=N/NC(=O)c2ccc(-c4ccccc4)cc2)CCC3)cc1. The number of carbonyl (C=O) groups excluding carboxylic acids is 2. The van der Waals surface area contributed by atoms with Crippen LogP contribution in [0.5, 0.6) is 0 Å². The summed E-state index contributed by atoms with van der Waals surface area (Å²) in [6.07, 6.45) is 2.25. The number of amides is 2. The Morgan fingerprint density at radius 3 is 2.22 bits per heavy atom. The highest BCUT2D eigenvalue weighted by molar-refractivity contribution is 6.09. The number of anilines is 1. The van der Waals surface area contributed by atoms with E-state index in [1.54, 1.807) is 12.1 Å². The number of benzene rings is 3. The first-order chi connectivity index (χ1) is 17.5. The lowest BCUT2D eigenvalue weighted by Gasteiger charge is -2.13. The van der Waals surface area contributed by atoms with Gasteiger partial charge in [-0.05, 0) is 62.1 Å². The standard InChI is InChI=1S/C30H27N3O3/c1-19-11-17-24(18-12-19)31-30(35)28-20(2)27-25(9-6-10-26(27)36-28)32-33-29(34)23-15-13-22(14-16-23)21-7-4-3-5-8-21/h3-5,7-8,11-18H,6,9-10H2,1-2H3,(H,31,35)(H,33,34)/b32-25+. The molecule has 2 amide bonds. The molecule has 0 atom stereocenters. The molecular formula is C30H27N3O3. The molecule has 0 bridgehead atoms. The number of hydrogen-bond acceptors (Lipinski definition) is 4. The van der Waals surface area contributed by atoms with E-state index in [1.807, 2.05) is 80.6 Å². The van der Waals surface area contributed by atoms with Crippen LogP contribution in [-0.4, -0.2) is 17.5 Å². The average molecular weight is 478 g/mol. The van der Waals surface area contributed by atoms with Crippen LogP contribution < -0.4 is 10.7 Å². The quantitative estimate of drug-likeness (QED) is 0.332. The first kappa shape index (κ1) is 23.3. The molecule has 0 spiro atoms. The Labute approximate surface area is 210 Å². The summed E-state index contributed by atoms with van der Waals surface area (Å²) in [5, 5.41) is 7.33. The van der Waals surface area contributed by atoms with Crippen LogP contribution in [0.25, 0.3) is 11.1 Å². The summed E-state index contributed by atoms with van der Waals surface area (Å²) in [5.41, 5.74) is 9.44. The second-order valence-corrected chi connectivity index (χ2v) is 8.97. The molecule has 0 aliphatic heterocycles. The largest absolute Gasteiger partial charge is 0.455 e. The first-order valence-electron chi connectivity index (χ1n) is 12.0. The van der Waals surface area contributed by atoms with Gasteiger partial charge in [0.15, 0.2) is 5.76 Å². The van der Waals surface area contributed by atoms with E-state index >= 15 is 0 Å². The maximum absolute atomic E-state index is 12.9. The smallest absolute Gasteiger partial charge is 0.291 e. The molecule has 180 valence electrons. The second kappa shape index (κ2) is 10.0. The van der Waals surface area contributed by atoms with E-state index in [9.17, 15) is 9.59 Å². The summed E-state index contributed by atoms with van der Waals surface area (Å²) < 4.78 is 5.97. The van der Waals surface area contributed by atoms with Gasteiger partial charge in [-0.15, -0.1) is 0 Å². The van der Waals surface area contributed by atoms with Crippen LogP contribution in [0, 0.1) is 13.8 Å². The van der Waals surface area contributed by atoms with Gasteiger partial charge in [-0.1, -0.05) is 60.2 Å². The molecule has 6 heteroatoms. The van der Waals surface area contributed by atoms with Gasteiger partial charge in [0.2, 0.25) is 0 Å². The van der Waals surface area contributed by atoms with Crippen molar-refractivity contribution in [2.45, 2.75) is 33.1 Å². The van der Waals surface area contributed by atoms with Crippen LogP contribution in [0.1, 0.15) is 56.2 Å². The molecule has 0 saturated heterocycles. The van der Waals surface area contributed by atoms with Crippen LogP contribution in [0.2, 0.25) is 0 Å². The van der Waals surface area contributed by atoms with Gasteiger partial charge in [0, 0.05) is 28.8 Å². The Morgan fingerprint density at radius 2 is 1.50 bits per heavy atom. The van der Waals surface area contributed by atoms with Gasteiger partial charge in [0.05, 0.1) is 5.71 Å². The van der Waals surface area contributed by atoms with Crippen LogP contribution in [-0.2, 0) is 6.42 Å². The van der Waals surface area contributed by atoms with E-state index in [1.165, 1.54) is 0 Å². The molecule has 3 aromatic carbocycles. The lowest BCUT2D eigenvalue weighted by Crippen LogP contribution is -2.22. The molecule has 36 heavy (non-hydrogen) atoms. The molecule has 1 aromatic heterocycles. The fourth-order valence-electron chi connectivity index (χ4n) is 4.45. The van der Waals surface area contributed by atoms with Gasteiger partial charge < -0.3 is 9.73 Å². The third-order valence-corrected chi connectivity index (χ3v) is 6.39. The van der Waals surface area contributed by atoms with E-state index < -0.39 is 0 Å². The summed E-state index contributed by atoms with van der Waals surface area (Å²) in [7, 11) is 0. The van der Waals surface area contributed by atoms with E-state index in [-0.39, 0.29) is 17.6 Å². The predicted molar refractivity (Wildman–Crippen MR) is 141 cm³/mol. The normalized spacial score (nSPS) is 13.8. The first-order valence-corrected chi connectivity index (χ1v) is 12.0. The van der Waals surface area contributed by atoms with Crippen molar-refractivity contribution in [3.63, 3.8) is 0 Å². The summed E-state index contributed by atoms with van der Waals surface area (Å²) >= 11 is 0. The highest BCUT2D eigenvalue weighted by Crippen LogP contribution is 2.30. The average Bonchev–Trinajstić information content (AvgIpc) is 3.26. The van der Waals surface area contributed by atoms with Crippen molar-refractivity contribution in [1.82, 2.24) is 5.43 Å². The summed E-state index contributed by atoms with van der Waals surface area (Å²) in [6.45, 7) is 3.85. The topological polar surface area (TPSA) is 83.7 Å². The van der Waals surface area contributed by atoms with Gasteiger partial charge in [0.1, 0.15) is 5.76 Å². The van der Waals surface area contributed by atoms with Crippen molar-refractivity contribution in [3.8, 4) is 11.1 Å². The molecule has 2 N–H and O–H groups in total. The minimum absolute atomic E-state index is 0.276. The van der Waals surface area contributed by atoms with E-state index in [0.717, 1.165) is 52.1 Å². The minimum atomic E-state index is -0.298. The molecule has 1 aliphatic carbocycles. The molecule has 0 unspecified atom stereocenters. The van der Waals surface area contributed by atoms with Crippen molar-refractivity contribution in [2.75, 3.05) is 5.32 Å². The van der Waals surface area contributed by atoms with Crippen LogP contribution in [0.4, 0.5) is 5.69 Å². The van der Waals surface area contributed by atoms with Gasteiger partial charge >= 0.3 is 0 Å². The van der Waals surface area contributed by atoms with Crippen molar-refractivity contribution >= 4 is 23.2 Å². The Balaban J connectivity index is 1.32. The molecule has 6 nitrogen and oxygen atoms in total. The third-order valence-electron chi connectivity index (χ3n) is 6.39. The maximum Gasteiger partial charge on any atom is 0.291 e. The summed E-state index contributed by atoms with van der Waals surface area (Å²) in [4.78, 5) is 25.7. The van der Waals surface area contributed by atoms with Crippen LogP contribution >= 0.6 is 0 Å². The molecule has 4 aromatic rings. The summed E-state index contributed by atoms with van der Waals surface area (Å²) in [5.74, 6) is 0.423. The number of hydrazone groups is 1. The van der Waals surface area contributed by atoms with Gasteiger partial charge in [-0.25, -0.2) is 5.43 Å². The van der Waals surface area contributed by atoms with Gasteiger partial charge in [-0.2, -0.15) is 5.10 Å².